The van der Waals surface area contributed by atoms with E-state index in [0.717, 1.165) is 6.07 Å². The van der Waals surface area contributed by atoms with Crippen LogP contribution in [-0.2, 0) is 0 Å². The van der Waals surface area contributed by atoms with Gasteiger partial charge in [0.1, 0.15) is 0 Å². The number of hydrogen-bond acceptors (Lipinski definition) is 1. The van der Waals surface area contributed by atoms with Crippen LogP contribution in [0, 0.1) is 17.6 Å². The first-order valence-electron chi connectivity index (χ1n) is 5.14. The minimum Gasteiger partial charge on any atom is -0.327 e. The first kappa shape index (κ1) is 12.1. The Kier molecular flexibility index (Phi) is 3.80. The van der Waals surface area contributed by atoms with Crippen LogP contribution in [0.1, 0.15) is 32.3 Å². The van der Waals surface area contributed by atoms with Crippen molar-refractivity contribution in [2.75, 3.05) is 0 Å². The van der Waals surface area contributed by atoms with Crippen molar-refractivity contribution in [3.63, 3.8) is 0 Å². The summed E-state index contributed by atoms with van der Waals surface area (Å²) in [5.74, 6) is -1.53. The molecule has 2 atom stereocenters. The molecule has 0 radical (unpaired) electrons. The van der Waals surface area contributed by atoms with Crippen molar-refractivity contribution in [3.05, 3.63) is 35.4 Å². The van der Waals surface area contributed by atoms with Crippen molar-refractivity contribution >= 4 is 0 Å². The van der Waals surface area contributed by atoms with E-state index in [9.17, 15) is 8.78 Å². The molecule has 0 aliphatic heterocycles. The molecule has 3 heteroatoms. The topological polar surface area (TPSA) is 26.0 Å². The van der Waals surface area contributed by atoms with Gasteiger partial charge in [0.05, 0.1) is 0 Å². The second-order valence-corrected chi connectivity index (χ2v) is 4.25. The lowest BCUT2D eigenvalue weighted by Crippen LogP contribution is -2.32. The second kappa shape index (κ2) is 4.71. The van der Waals surface area contributed by atoms with Gasteiger partial charge >= 0.3 is 0 Å². The van der Waals surface area contributed by atoms with Crippen molar-refractivity contribution < 1.29 is 8.78 Å². The molecule has 1 aromatic rings. The predicted octanol–water partition coefficient (Wildman–Crippen LogP) is 3.05. The van der Waals surface area contributed by atoms with E-state index in [2.05, 4.69) is 0 Å². The maximum Gasteiger partial charge on any atom is 0.162 e. The molecule has 1 aromatic carbocycles. The lowest BCUT2D eigenvalue weighted by molar-refractivity contribution is 0.414. The fourth-order valence-corrected chi connectivity index (χ4v) is 1.66. The smallest absolute Gasteiger partial charge is 0.162 e. The first-order valence-corrected chi connectivity index (χ1v) is 5.14. The summed E-state index contributed by atoms with van der Waals surface area (Å²) in [5, 5.41) is 0. The summed E-state index contributed by atoms with van der Waals surface area (Å²) in [4.78, 5) is 0. The molecule has 0 aromatic heterocycles. The first-order chi connectivity index (χ1) is 6.95. The zero-order chi connectivity index (χ0) is 11.6. The number of hydrogen-bond donors (Lipinski definition) is 1. The highest BCUT2D eigenvalue weighted by Gasteiger charge is 2.22. The van der Waals surface area contributed by atoms with Crippen LogP contribution >= 0.6 is 0 Å². The van der Waals surface area contributed by atoms with Gasteiger partial charge in [0.25, 0.3) is 0 Å². The van der Waals surface area contributed by atoms with Gasteiger partial charge in [-0.25, -0.2) is 8.78 Å². The summed E-state index contributed by atoms with van der Waals surface area (Å²) in [6, 6.07) is 4.05. The molecule has 0 amide bonds. The van der Waals surface area contributed by atoms with Crippen molar-refractivity contribution in [3.8, 4) is 0 Å². The third-order valence-corrected chi connectivity index (χ3v) is 2.82. The van der Waals surface area contributed by atoms with Gasteiger partial charge in [0.15, 0.2) is 11.6 Å². The zero-order valence-electron chi connectivity index (χ0n) is 9.30. The molecule has 0 heterocycles. The van der Waals surface area contributed by atoms with E-state index in [4.69, 9.17) is 5.73 Å². The minimum atomic E-state index is -0.810. The van der Waals surface area contributed by atoms with Crippen molar-refractivity contribution in [2.45, 2.75) is 32.7 Å². The van der Waals surface area contributed by atoms with Crippen LogP contribution in [0.4, 0.5) is 8.78 Å². The molecule has 0 bridgehead atoms. The Labute approximate surface area is 89.3 Å². The number of benzene rings is 1. The summed E-state index contributed by atoms with van der Waals surface area (Å²) in [6.07, 6.45) is 0. The molecule has 1 nitrogen and oxygen atoms in total. The van der Waals surface area contributed by atoms with Gasteiger partial charge in [-0.15, -0.1) is 0 Å². The lowest BCUT2D eigenvalue weighted by Gasteiger charge is -2.24. The van der Waals surface area contributed by atoms with Crippen molar-refractivity contribution in [1.82, 2.24) is 0 Å². The molecule has 15 heavy (non-hydrogen) atoms. The molecular weight excluding hydrogens is 196 g/mol. The van der Waals surface area contributed by atoms with Crippen LogP contribution in [0.3, 0.4) is 0 Å². The van der Waals surface area contributed by atoms with Crippen LogP contribution in [-0.4, -0.2) is 6.04 Å². The molecule has 2 N–H and O–H groups in total. The second-order valence-electron chi connectivity index (χ2n) is 4.25. The Morgan fingerprint density at radius 1 is 1.13 bits per heavy atom. The molecule has 84 valence electrons. The maximum absolute atomic E-state index is 13.4. The predicted molar refractivity (Wildman–Crippen MR) is 57.6 cm³/mol. The van der Waals surface area contributed by atoms with Crippen LogP contribution < -0.4 is 5.73 Å². The van der Waals surface area contributed by atoms with E-state index in [1.165, 1.54) is 6.07 Å². The molecule has 0 spiro atoms. The average molecular weight is 213 g/mol. The number of nitrogens with two attached hydrogens (primary N) is 1. The Morgan fingerprint density at radius 3 is 2.27 bits per heavy atom. The molecular formula is C12H17F2N. The highest BCUT2D eigenvalue weighted by molar-refractivity contribution is 5.24. The average Bonchev–Trinajstić information content (AvgIpc) is 2.20. The highest BCUT2D eigenvalue weighted by atomic mass is 19.2. The van der Waals surface area contributed by atoms with E-state index in [1.807, 2.05) is 20.8 Å². The van der Waals surface area contributed by atoms with E-state index in [-0.39, 0.29) is 17.9 Å². The Hall–Kier alpha value is -0.960. The minimum absolute atomic E-state index is 0.165. The summed E-state index contributed by atoms with van der Waals surface area (Å²) in [6.45, 7) is 5.76. The fourth-order valence-electron chi connectivity index (χ4n) is 1.66. The van der Waals surface area contributed by atoms with Crippen molar-refractivity contribution in [2.24, 2.45) is 11.7 Å². The van der Waals surface area contributed by atoms with E-state index in [0.29, 0.717) is 5.56 Å². The third kappa shape index (κ3) is 2.53. The van der Waals surface area contributed by atoms with Crippen LogP contribution in [0.25, 0.3) is 0 Å². The fraction of sp³-hybridized carbons (Fsp3) is 0.500. The normalized spacial score (nSPS) is 15.4. The van der Waals surface area contributed by atoms with E-state index < -0.39 is 11.6 Å². The summed E-state index contributed by atoms with van der Waals surface area (Å²) < 4.78 is 26.4. The quantitative estimate of drug-likeness (QED) is 0.820. The van der Waals surface area contributed by atoms with Gasteiger partial charge in [-0.1, -0.05) is 32.9 Å². The van der Waals surface area contributed by atoms with Gasteiger partial charge in [-0.2, -0.15) is 0 Å². The van der Waals surface area contributed by atoms with E-state index >= 15 is 0 Å². The number of rotatable bonds is 3. The molecule has 0 saturated heterocycles. The van der Waals surface area contributed by atoms with Gasteiger partial charge in [-0.05, 0) is 23.5 Å². The van der Waals surface area contributed by atoms with Crippen LogP contribution in [0.2, 0.25) is 0 Å². The largest absolute Gasteiger partial charge is 0.327 e. The van der Waals surface area contributed by atoms with Crippen molar-refractivity contribution in [1.29, 1.82) is 0 Å². The van der Waals surface area contributed by atoms with E-state index in [1.54, 1.807) is 6.07 Å². The highest BCUT2D eigenvalue weighted by Crippen LogP contribution is 2.25. The lowest BCUT2D eigenvalue weighted by atomic mass is 9.87. The zero-order valence-corrected chi connectivity index (χ0v) is 9.30. The SMILES string of the molecule is CC(C)C(N)C(C)c1cccc(F)c1F. The summed E-state index contributed by atoms with van der Waals surface area (Å²) >= 11 is 0. The Bertz CT molecular complexity index is 336. The molecule has 0 saturated carbocycles. The van der Waals surface area contributed by atoms with Crippen LogP contribution in [0.5, 0.6) is 0 Å². The third-order valence-electron chi connectivity index (χ3n) is 2.82. The molecule has 0 fully saturated rings. The monoisotopic (exact) mass is 213 g/mol. The van der Waals surface area contributed by atoms with Gasteiger partial charge in [0, 0.05) is 6.04 Å². The standard InChI is InChI=1S/C12H17F2N/c1-7(2)12(15)8(3)9-5-4-6-10(13)11(9)14/h4-8,12H,15H2,1-3H3. The maximum atomic E-state index is 13.4. The summed E-state index contributed by atoms with van der Waals surface area (Å²) in [5.41, 5.74) is 6.28. The van der Waals surface area contributed by atoms with Gasteiger partial charge in [-0.3, -0.25) is 0 Å². The van der Waals surface area contributed by atoms with Crippen LogP contribution in [0.15, 0.2) is 18.2 Å². The summed E-state index contributed by atoms with van der Waals surface area (Å²) in [7, 11) is 0. The Morgan fingerprint density at radius 2 is 1.73 bits per heavy atom. The van der Waals surface area contributed by atoms with Gasteiger partial charge < -0.3 is 5.73 Å². The molecule has 2 unspecified atom stereocenters. The Balaban J connectivity index is 3.01. The molecule has 0 aliphatic rings. The molecule has 0 aliphatic carbocycles. The number of halogens is 2. The van der Waals surface area contributed by atoms with Gasteiger partial charge in [0.2, 0.25) is 0 Å². The molecule has 1 rings (SSSR count).